The van der Waals surface area contributed by atoms with Crippen molar-refractivity contribution in [2.75, 3.05) is 0 Å². The van der Waals surface area contributed by atoms with Gasteiger partial charge in [0.2, 0.25) is 0 Å². The molecular formula is C10H26OSi2. The Balaban J connectivity index is 4.87. The van der Waals surface area contributed by atoms with Crippen LogP contribution >= 0.6 is 0 Å². The van der Waals surface area contributed by atoms with Crippen molar-refractivity contribution >= 4 is 15.4 Å². The first kappa shape index (κ1) is 13.4. The van der Waals surface area contributed by atoms with E-state index >= 15 is 0 Å². The van der Waals surface area contributed by atoms with Gasteiger partial charge in [-0.15, -0.1) is 0 Å². The average molecular weight is 218 g/mol. The molecule has 0 spiro atoms. The summed E-state index contributed by atoms with van der Waals surface area (Å²) in [5.74, 6) is 0. The third kappa shape index (κ3) is 2.25. The Kier molecular flexibility index (Phi) is 5.48. The van der Waals surface area contributed by atoms with E-state index in [1.54, 1.807) is 0 Å². The van der Waals surface area contributed by atoms with Crippen molar-refractivity contribution in [2.45, 2.75) is 64.8 Å². The molecule has 0 aromatic rings. The predicted molar refractivity (Wildman–Crippen MR) is 66.1 cm³/mol. The highest BCUT2D eigenvalue weighted by molar-refractivity contribution is 7.39. The molecule has 0 radical (unpaired) electrons. The smallest absolute Gasteiger partial charge is 0.175 e. The minimum atomic E-state index is -1.84. The molecule has 0 bridgehead atoms. The standard InChI is InChI=1S/C10H26OSi2/c1-6-12(7-2,8-3)13(11,9-4)10-5/h11H,6-10H2,1-5H3. The summed E-state index contributed by atoms with van der Waals surface area (Å²) in [5, 5.41) is 0. The van der Waals surface area contributed by atoms with Gasteiger partial charge in [0.05, 0.1) is 7.59 Å². The quantitative estimate of drug-likeness (QED) is 0.676. The molecule has 0 aliphatic heterocycles. The first-order valence-corrected chi connectivity index (χ1v) is 11.8. The van der Waals surface area contributed by atoms with Gasteiger partial charge in [0.15, 0.2) is 7.83 Å². The summed E-state index contributed by atoms with van der Waals surface area (Å²) in [6.45, 7) is 11.3. The zero-order valence-corrected chi connectivity index (χ0v) is 12.0. The summed E-state index contributed by atoms with van der Waals surface area (Å²) in [6, 6.07) is 6.00. The van der Waals surface area contributed by atoms with Gasteiger partial charge in [-0.25, -0.2) is 0 Å². The van der Waals surface area contributed by atoms with Gasteiger partial charge < -0.3 is 4.80 Å². The first-order valence-electron chi connectivity index (χ1n) is 5.78. The molecule has 13 heavy (non-hydrogen) atoms. The Hall–Kier alpha value is 0.394. The van der Waals surface area contributed by atoms with Gasteiger partial charge in [-0.3, -0.25) is 0 Å². The number of rotatable bonds is 6. The third-order valence-corrected chi connectivity index (χ3v) is 23.8. The zero-order valence-electron chi connectivity index (χ0n) is 9.98. The molecule has 80 valence electrons. The van der Waals surface area contributed by atoms with Crippen LogP contribution in [-0.2, 0) is 0 Å². The minimum Gasteiger partial charge on any atom is -0.434 e. The van der Waals surface area contributed by atoms with Gasteiger partial charge in [-0.2, -0.15) is 0 Å². The van der Waals surface area contributed by atoms with Crippen molar-refractivity contribution in [1.82, 2.24) is 0 Å². The van der Waals surface area contributed by atoms with E-state index in [9.17, 15) is 4.80 Å². The summed E-state index contributed by atoms with van der Waals surface area (Å²) in [6.07, 6.45) is 0. The van der Waals surface area contributed by atoms with Crippen LogP contribution in [0.4, 0.5) is 0 Å². The fourth-order valence-electron chi connectivity index (χ4n) is 2.74. The van der Waals surface area contributed by atoms with Crippen LogP contribution in [0.1, 0.15) is 34.6 Å². The second-order valence-electron chi connectivity index (χ2n) is 4.08. The van der Waals surface area contributed by atoms with Crippen LogP contribution in [-0.4, -0.2) is 20.2 Å². The number of hydrogen-bond donors (Lipinski definition) is 1. The van der Waals surface area contributed by atoms with E-state index in [0.717, 1.165) is 12.1 Å². The van der Waals surface area contributed by atoms with Crippen LogP contribution in [0.2, 0.25) is 30.2 Å². The highest BCUT2D eigenvalue weighted by Gasteiger charge is 2.48. The molecule has 0 aliphatic rings. The second kappa shape index (κ2) is 5.32. The van der Waals surface area contributed by atoms with E-state index in [0.29, 0.717) is 0 Å². The van der Waals surface area contributed by atoms with E-state index < -0.39 is 15.4 Å². The molecular weight excluding hydrogens is 192 g/mol. The topological polar surface area (TPSA) is 20.2 Å². The van der Waals surface area contributed by atoms with Crippen molar-refractivity contribution < 1.29 is 4.80 Å². The molecule has 0 heterocycles. The van der Waals surface area contributed by atoms with E-state index in [1.165, 1.54) is 18.1 Å². The maximum atomic E-state index is 10.7. The Morgan fingerprint density at radius 1 is 0.692 bits per heavy atom. The van der Waals surface area contributed by atoms with Gasteiger partial charge in [-0.1, -0.05) is 52.8 Å². The van der Waals surface area contributed by atoms with Crippen molar-refractivity contribution in [3.8, 4) is 0 Å². The fourth-order valence-corrected chi connectivity index (χ4v) is 18.6. The van der Waals surface area contributed by atoms with E-state index in [2.05, 4.69) is 34.6 Å². The molecule has 0 atom stereocenters. The molecule has 3 heteroatoms. The molecule has 0 aliphatic carbocycles. The van der Waals surface area contributed by atoms with E-state index in [4.69, 9.17) is 0 Å². The highest BCUT2D eigenvalue weighted by Crippen LogP contribution is 2.33. The molecule has 0 aromatic carbocycles. The fraction of sp³-hybridized carbons (Fsp3) is 1.00. The third-order valence-electron chi connectivity index (χ3n) is 4.19. The van der Waals surface area contributed by atoms with Crippen molar-refractivity contribution in [3.05, 3.63) is 0 Å². The molecule has 0 fully saturated rings. The van der Waals surface area contributed by atoms with Crippen LogP contribution in [0.15, 0.2) is 0 Å². The second-order valence-corrected chi connectivity index (χ2v) is 18.2. The SMILES string of the molecule is CC[Si](O)(CC)[Si](CC)(CC)CC. The largest absolute Gasteiger partial charge is 0.434 e. The van der Waals surface area contributed by atoms with Gasteiger partial charge in [0.1, 0.15) is 0 Å². The van der Waals surface area contributed by atoms with Crippen molar-refractivity contribution in [3.63, 3.8) is 0 Å². The van der Waals surface area contributed by atoms with Crippen LogP contribution in [0.5, 0.6) is 0 Å². The Bertz CT molecular complexity index is 132. The highest BCUT2D eigenvalue weighted by atomic mass is 29.3. The monoisotopic (exact) mass is 218 g/mol. The lowest BCUT2D eigenvalue weighted by atomic mass is 10.9. The van der Waals surface area contributed by atoms with E-state index in [-0.39, 0.29) is 0 Å². The average Bonchev–Trinajstić information content (AvgIpc) is 2.20. The minimum absolute atomic E-state index is 1.07. The lowest BCUT2D eigenvalue weighted by Crippen LogP contribution is -2.61. The Morgan fingerprint density at radius 3 is 1.08 bits per heavy atom. The Morgan fingerprint density at radius 2 is 1.00 bits per heavy atom. The molecule has 1 N–H and O–H groups in total. The maximum Gasteiger partial charge on any atom is 0.175 e. The summed E-state index contributed by atoms with van der Waals surface area (Å²) in [5.41, 5.74) is 0. The lowest BCUT2D eigenvalue weighted by Gasteiger charge is -2.42. The number of hydrogen-bond acceptors (Lipinski definition) is 1. The van der Waals surface area contributed by atoms with Crippen LogP contribution < -0.4 is 0 Å². The summed E-state index contributed by atoms with van der Waals surface area (Å²) in [7, 11) is -3.11. The molecule has 1 nitrogen and oxygen atoms in total. The summed E-state index contributed by atoms with van der Waals surface area (Å²) < 4.78 is 0. The van der Waals surface area contributed by atoms with Gasteiger partial charge in [-0.05, 0) is 12.1 Å². The molecule has 0 unspecified atom stereocenters. The van der Waals surface area contributed by atoms with Crippen molar-refractivity contribution in [1.29, 1.82) is 0 Å². The van der Waals surface area contributed by atoms with Gasteiger partial charge in [0, 0.05) is 0 Å². The van der Waals surface area contributed by atoms with Crippen molar-refractivity contribution in [2.24, 2.45) is 0 Å². The first-order chi connectivity index (χ1) is 6.05. The molecule has 0 saturated heterocycles. The van der Waals surface area contributed by atoms with Gasteiger partial charge >= 0.3 is 0 Å². The Labute approximate surface area is 85.5 Å². The normalized spacial score (nSPS) is 13.4. The lowest BCUT2D eigenvalue weighted by molar-refractivity contribution is 0.552. The zero-order chi connectivity index (χ0) is 10.5. The molecule has 0 saturated carbocycles. The van der Waals surface area contributed by atoms with Gasteiger partial charge in [0.25, 0.3) is 0 Å². The molecule has 0 rings (SSSR count). The van der Waals surface area contributed by atoms with E-state index in [1.807, 2.05) is 0 Å². The van der Waals surface area contributed by atoms with Crippen LogP contribution in [0.25, 0.3) is 0 Å². The van der Waals surface area contributed by atoms with Crippen LogP contribution in [0, 0.1) is 0 Å². The molecule has 0 aromatic heterocycles. The summed E-state index contributed by atoms with van der Waals surface area (Å²) >= 11 is 0. The van der Waals surface area contributed by atoms with Crippen LogP contribution in [0.3, 0.4) is 0 Å². The predicted octanol–water partition coefficient (Wildman–Crippen LogP) is 3.55. The summed E-state index contributed by atoms with van der Waals surface area (Å²) in [4.78, 5) is 10.7. The maximum absolute atomic E-state index is 10.7. The molecule has 0 amide bonds.